The molecule has 7 nitrogen and oxygen atoms in total. The maximum atomic E-state index is 13.0. The van der Waals surface area contributed by atoms with E-state index in [0.29, 0.717) is 17.8 Å². The monoisotopic (exact) mass is 501 g/mol. The SMILES string of the molecule is Cc1ccccc1NC(=O)/C(C#N)=C/c1cc(Cl)ccc1Oc1ccc(C(F)(F)F)cc1[N+](=O)[O-]. The summed E-state index contributed by atoms with van der Waals surface area (Å²) >= 11 is 6.03. The van der Waals surface area contributed by atoms with E-state index in [9.17, 15) is 33.3 Å². The largest absolute Gasteiger partial charge is 0.449 e. The molecule has 0 heterocycles. The number of nitriles is 1. The van der Waals surface area contributed by atoms with Crippen molar-refractivity contribution in [2.24, 2.45) is 0 Å². The van der Waals surface area contributed by atoms with Gasteiger partial charge < -0.3 is 10.1 Å². The first kappa shape index (κ1) is 25.3. The fraction of sp³-hybridized carbons (Fsp3) is 0.0833. The number of aryl methyl sites for hydroxylation is 1. The molecular weight excluding hydrogens is 487 g/mol. The number of nitrogens with one attached hydrogen (secondary N) is 1. The third kappa shape index (κ3) is 6.16. The van der Waals surface area contributed by atoms with Crippen LogP contribution in [0.3, 0.4) is 0 Å². The Kier molecular flexibility index (Phi) is 7.42. The van der Waals surface area contributed by atoms with E-state index in [1.807, 2.05) is 0 Å². The average molecular weight is 502 g/mol. The molecule has 178 valence electrons. The summed E-state index contributed by atoms with van der Waals surface area (Å²) in [5, 5.41) is 23.7. The van der Waals surface area contributed by atoms with Gasteiger partial charge in [0.05, 0.1) is 10.5 Å². The van der Waals surface area contributed by atoms with Gasteiger partial charge in [0.2, 0.25) is 5.75 Å². The van der Waals surface area contributed by atoms with Gasteiger partial charge in [0.1, 0.15) is 17.4 Å². The molecule has 0 aliphatic rings. The number of hydrogen-bond donors (Lipinski definition) is 1. The van der Waals surface area contributed by atoms with Crippen molar-refractivity contribution in [1.29, 1.82) is 5.26 Å². The van der Waals surface area contributed by atoms with E-state index >= 15 is 0 Å². The molecule has 1 N–H and O–H groups in total. The molecule has 3 aromatic rings. The first-order valence-corrected chi connectivity index (χ1v) is 10.2. The molecule has 35 heavy (non-hydrogen) atoms. The van der Waals surface area contributed by atoms with Gasteiger partial charge in [-0.1, -0.05) is 29.8 Å². The van der Waals surface area contributed by atoms with Gasteiger partial charge in [-0.2, -0.15) is 18.4 Å². The first-order valence-electron chi connectivity index (χ1n) is 9.81. The number of nitro benzene ring substituents is 1. The van der Waals surface area contributed by atoms with Gasteiger partial charge >= 0.3 is 11.9 Å². The van der Waals surface area contributed by atoms with E-state index in [1.54, 1.807) is 37.3 Å². The Balaban J connectivity index is 2.00. The van der Waals surface area contributed by atoms with E-state index in [1.165, 1.54) is 18.2 Å². The summed E-state index contributed by atoms with van der Waals surface area (Å²) in [4.78, 5) is 23.0. The van der Waals surface area contributed by atoms with E-state index in [2.05, 4.69) is 5.32 Å². The Hall–Kier alpha value is -4.36. The Morgan fingerprint density at radius 2 is 1.83 bits per heavy atom. The first-order chi connectivity index (χ1) is 16.5. The van der Waals surface area contributed by atoms with Crippen molar-refractivity contribution in [2.45, 2.75) is 13.1 Å². The maximum absolute atomic E-state index is 13.0. The molecule has 0 saturated carbocycles. The van der Waals surface area contributed by atoms with Crippen LogP contribution in [0.4, 0.5) is 24.5 Å². The highest BCUT2D eigenvalue weighted by molar-refractivity contribution is 6.30. The number of carbonyl (C=O) groups excluding carboxylic acids is 1. The summed E-state index contributed by atoms with van der Waals surface area (Å²) in [5.74, 6) is -1.27. The number of rotatable bonds is 6. The minimum atomic E-state index is -4.79. The molecule has 11 heteroatoms. The lowest BCUT2D eigenvalue weighted by atomic mass is 10.1. The number of nitro groups is 1. The normalized spacial score (nSPS) is 11.5. The molecule has 0 saturated heterocycles. The zero-order chi connectivity index (χ0) is 25.8. The predicted octanol–water partition coefficient (Wildman–Crippen LogP) is 6.91. The Morgan fingerprint density at radius 3 is 2.46 bits per heavy atom. The molecule has 0 unspecified atom stereocenters. The van der Waals surface area contributed by atoms with Crippen molar-refractivity contribution < 1.29 is 27.6 Å². The number of ether oxygens (including phenoxy) is 1. The zero-order valence-electron chi connectivity index (χ0n) is 17.9. The van der Waals surface area contributed by atoms with Gasteiger partial charge in [-0.3, -0.25) is 14.9 Å². The number of hydrogen-bond acceptors (Lipinski definition) is 5. The molecular formula is C24H15ClF3N3O4. The van der Waals surface area contributed by atoms with Crippen molar-refractivity contribution in [3.8, 4) is 17.6 Å². The van der Waals surface area contributed by atoms with Gasteiger partial charge in [0.25, 0.3) is 5.91 Å². The second-order valence-electron chi connectivity index (χ2n) is 7.16. The number of amides is 1. The Labute approximate surface area is 202 Å². The standard InChI is InChI=1S/C24H15ClF3N3O4/c1-14-4-2-3-5-19(14)30-23(32)16(13-29)10-15-11-18(25)7-9-21(15)35-22-8-6-17(24(26,27)28)12-20(22)31(33)34/h2-12H,1H3,(H,30,32)/b16-10+. The molecule has 0 aliphatic heterocycles. The van der Waals surface area contributed by atoms with Gasteiger partial charge in [0.15, 0.2) is 0 Å². The fourth-order valence-corrected chi connectivity index (χ4v) is 3.15. The second kappa shape index (κ2) is 10.3. The summed E-state index contributed by atoms with van der Waals surface area (Å²) < 4.78 is 44.5. The predicted molar refractivity (Wildman–Crippen MR) is 123 cm³/mol. The van der Waals surface area contributed by atoms with Gasteiger partial charge in [0, 0.05) is 22.3 Å². The number of anilines is 1. The fourth-order valence-electron chi connectivity index (χ4n) is 2.97. The third-order valence-corrected chi connectivity index (χ3v) is 4.97. The molecule has 0 fully saturated rings. The van der Waals surface area contributed by atoms with E-state index in [-0.39, 0.29) is 21.9 Å². The zero-order valence-corrected chi connectivity index (χ0v) is 18.6. The van der Waals surface area contributed by atoms with Crippen LogP contribution < -0.4 is 10.1 Å². The lowest BCUT2D eigenvalue weighted by Gasteiger charge is -2.12. The van der Waals surface area contributed by atoms with Gasteiger partial charge in [-0.05, 0) is 55.0 Å². The van der Waals surface area contributed by atoms with Crippen LogP contribution in [0.15, 0.2) is 66.2 Å². The molecule has 0 spiro atoms. The van der Waals surface area contributed by atoms with Crippen LogP contribution in [0, 0.1) is 28.4 Å². The van der Waals surface area contributed by atoms with Crippen LogP contribution in [0.25, 0.3) is 6.08 Å². The topological polar surface area (TPSA) is 105 Å². The van der Waals surface area contributed by atoms with Crippen molar-refractivity contribution in [2.75, 3.05) is 5.32 Å². The lowest BCUT2D eigenvalue weighted by molar-refractivity contribution is -0.385. The van der Waals surface area contributed by atoms with Crippen molar-refractivity contribution in [1.82, 2.24) is 0 Å². The lowest BCUT2D eigenvalue weighted by Crippen LogP contribution is -2.14. The highest BCUT2D eigenvalue weighted by Gasteiger charge is 2.33. The molecule has 0 aromatic heterocycles. The van der Waals surface area contributed by atoms with Crippen LogP contribution >= 0.6 is 11.6 Å². The smallest absolute Gasteiger partial charge is 0.416 e. The van der Waals surface area contributed by atoms with Gasteiger partial charge in [-0.15, -0.1) is 0 Å². The molecule has 0 aliphatic carbocycles. The van der Waals surface area contributed by atoms with Crippen LogP contribution in [0.1, 0.15) is 16.7 Å². The molecule has 1 amide bonds. The van der Waals surface area contributed by atoms with E-state index < -0.39 is 34.0 Å². The van der Waals surface area contributed by atoms with Gasteiger partial charge in [-0.25, -0.2) is 0 Å². The number of carbonyl (C=O) groups is 1. The molecule has 0 radical (unpaired) electrons. The van der Waals surface area contributed by atoms with Crippen molar-refractivity contribution in [3.63, 3.8) is 0 Å². The third-order valence-electron chi connectivity index (χ3n) is 4.73. The van der Waals surface area contributed by atoms with Crippen molar-refractivity contribution >= 4 is 35.0 Å². The van der Waals surface area contributed by atoms with E-state index in [0.717, 1.165) is 17.7 Å². The highest BCUT2D eigenvalue weighted by atomic mass is 35.5. The number of alkyl halides is 3. The number of benzene rings is 3. The number of halogens is 4. The molecule has 0 bridgehead atoms. The number of nitrogens with zero attached hydrogens (tertiary/aromatic N) is 2. The van der Waals surface area contributed by atoms with Crippen LogP contribution in [-0.4, -0.2) is 10.8 Å². The summed E-state index contributed by atoms with van der Waals surface area (Å²) in [7, 11) is 0. The number of para-hydroxylation sites is 1. The summed E-state index contributed by atoms with van der Waals surface area (Å²) in [5.41, 5.74) is -1.11. The van der Waals surface area contributed by atoms with Crippen LogP contribution in [-0.2, 0) is 11.0 Å². The minimum absolute atomic E-state index is 0.0753. The molecule has 3 aromatic carbocycles. The average Bonchev–Trinajstić information content (AvgIpc) is 2.79. The molecule has 0 atom stereocenters. The second-order valence-corrected chi connectivity index (χ2v) is 7.60. The van der Waals surface area contributed by atoms with Crippen LogP contribution in [0.5, 0.6) is 11.5 Å². The Bertz CT molecular complexity index is 1380. The summed E-state index contributed by atoms with van der Waals surface area (Å²) in [6, 6.07) is 14.5. The minimum Gasteiger partial charge on any atom is -0.449 e. The van der Waals surface area contributed by atoms with Crippen molar-refractivity contribution in [3.05, 3.63) is 98.1 Å². The molecule has 3 rings (SSSR count). The summed E-state index contributed by atoms with van der Waals surface area (Å²) in [6.07, 6.45) is -3.63. The highest BCUT2D eigenvalue weighted by Crippen LogP contribution is 2.39. The summed E-state index contributed by atoms with van der Waals surface area (Å²) in [6.45, 7) is 1.77. The Morgan fingerprint density at radius 1 is 1.14 bits per heavy atom. The quantitative estimate of drug-likeness (QED) is 0.171. The van der Waals surface area contributed by atoms with E-state index in [4.69, 9.17) is 16.3 Å². The van der Waals surface area contributed by atoms with Crippen LogP contribution in [0.2, 0.25) is 5.02 Å². The maximum Gasteiger partial charge on any atom is 0.416 e.